The first-order valence-corrected chi connectivity index (χ1v) is 9.56. The van der Waals surface area contributed by atoms with Crippen molar-refractivity contribution in [1.82, 2.24) is 9.21 Å². The molecule has 1 aromatic rings. The van der Waals surface area contributed by atoms with Gasteiger partial charge in [0.15, 0.2) is 0 Å². The number of amides is 1. The molecule has 0 atom stereocenters. The number of carbonyl (C=O) groups is 1. The van der Waals surface area contributed by atoms with Gasteiger partial charge >= 0.3 is 0 Å². The van der Waals surface area contributed by atoms with Gasteiger partial charge in [-0.15, -0.1) is 0 Å². The van der Waals surface area contributed by atoms with Crippen molar-refractivity contribution in [2.45, 2.75) is 19.8 Å². The van der Waals surface area contributed by atoms with Crippen LogP contribution in [-0.2, 0) is 10.0 Å². The van der Waals surface area contributed by atoms with E-state index in [1.807, 2.05) is 6.92 Å². The number of piperazine rings is 1. The van der Waals surface area contributed by atoms with E-state index in [1.54, 1.807) is 0 Å². The molecule has 1 aromatic carbocycles. The Kier molecular flexibility index (Phi) is 6.00. The van der Waals surface area contributed by atoms with Crippen LogP contribution in [0.3, 0.4) is 0 Å². The van der Waals surface area contributed by atoms with Gasteiger partial charge in [-0.05, 0) is 24.6 Å². The number of unbranched alkanes of at least 4 members (excludes halogenated alkanes) is 1. The van der Waals surface area contributed by atoms with Gasteiger partial charge in [0, 0.05) is 31.2 Å². The Morgan fingerprint density at radius 1 is 1.26 bits per heavy atom. The second-order valence-electron chi connectivity index (χ2n) is 5.48. The zero-order valence-corrected chi connectivity index (χ0v) is 14.5. The number of benzene rings is 1. The van der Waals surface area contributed by atoms with E-state index in [2.05, 4.69) is 0 Å². The largest absolute Gasteiger partial charge is 0.336 e. The van der Waals surface area contributed by atoms with Crippen LogP contribution in [0.1, 0.15) is 30.1 Å². The minimum atomic E-state index is -3.27. The smallest absolute Gasteiger partial charge is 0.256 e. The number of sulfonamides is 1. The van der Waals surface area contributed by atoms with Crippen LogP contribution in [0.4, 0.5) is 4.39 Å². The molecule has 23 heavy (non-hydrogen) atoms. The fraction of sp³-hybridized carbons (Fsp3) is 0.533. The van der Waals surface area contributed by atoms with Crippen molar-refractivity contribution >= 4 is 27.5 Å². The van der Waals surface area contributed by atoms with Gasteiger partial charge in [-0.3, -0.25) is 4.79 Å². The Labute approximate surface area is 141 Å². The molecule has 0 bridgehead atoms. The molecule has 1 aliphatic rings. The summed E-state index contributed by atoms with van der Waals surface area (Å²) < 4.78 is 39.4. The first-order valence-electron chi connectivity index (χ1n) is 7.57. The van der Waals surface area contributed by atoms with Gasteiger partial charge in [0.25, 0.3) is 5.91 Å². The minimum Gasteiger partial charge on any atom is -0.336 e. The number of hydrogen-bond acceptors (Lipinski definition) is 3. The molecular formula is C15H20ClFN2O3S. The van der Waals surface area contributed by atoms with Gasteiger partial charge in [-0.1, -0.05) is 24.9 Å². The Morgan fingerprint density at radius 3 is 2.52 bits per heavy atom. The lowest BCUT2D eigenvalue weighted by atomic mass is 10.1. The Balaban J connectivity index is 2.01. The molecule has 1 heterocycles. The van der Waals surface area contributed by atoms with Crippen LogP contribution in [0.15, 0.2) is 18.2 Å². The lowest BCUT2D eigenvalue weighted by Crippen LogP contribution is -2.51. The van der Waals surface area contributed by atoms with E-state index in [-0.39, 0.29) is 42.5 Å². The molecule has 0 aliphatic carbocycles. The summed E-state index contributed by atoms with van der Waals surface area (Å²) in [5, 5.41) is 0.288. The summed E-state index contributed by atoms with van der Waals surface area (Å²) in [6, 6.07) is 3.83. The third-order valence-electron chi connectivity index (χ3n) is 3.83. The Morgan fingerprint density at radius 2 is 1.91 bits per heavy atom. The average Bonchev–Trinajstić information content (AvgIpc) is 2.54. The van der Waals surface area contributed by atoms with Crippen molar-refractivity contribution in [2.75, 3.05) is 31.9 Å². The van der Waals surface area contributed by atoms with Gasteiger partial charge in [-0.2, -0.15) is 4.31 Å². The Bertz CT molecular complexity index is 673. The molecule has 0 spiro atoms. The number of rotatable bonds is 5. The number of halogens is 2. The van der Waals surface area contributed by atoms with Crippen LogP contribution in [0.5, 0.6) is 0 Å². The van der Waals surface area contributed by atoms with Crippen LogP contribution >= 0.6 is 11.6 Å². The molecule has 0 unspecified atom stereocenters. The summed E-state index contributed by atoms with van der Waals surface area (Å²) in [6.45, 7) is 2.90. The monoisotopic (exact) mass is 362 g/mol. The number of hydrogen-bond donors (Lipinski definition) is 0. The van der Waals surface area contributed by atoms with Crippen LogP contribution < -0.4 is 0 Å². The normalized spacial score (nSPS) is 16.6. The van der Waals surface area contributed by atoms with Gasteiger partial charge in [0.2, 0.25) is 10.0 Å². The zero-order chi connectivity index (χ0) is 17.0. The van der Waals surface area contributed by atoms with Gasteiger partial charge in [0.1, 0.15) is 5.82 Å². The molecule has 128 valence electrons. The quantitative estimate of drug-likeness (QED) is 0.808. The zero-order valence-electron chi connectivity index (χ0n) is 13.0. The lowest BCUT2D eigenvalue weighted by molar-refractivity contribution is 0.0693. The molecule has 0 aromatic heterocycles. The lowest BCUT2D eigenvalue weighted by Gasteiger charge is -2.34. The standard InChI is InChI=1S/C15H20ClFN2O3S/c1-2-3-10-23(21,22)19-8-6-18(7-9-19)15(20)13-11-12(16)4-5-14(13)17/h4-5,11H,2-3,6-10H2,1H3. The highest BCUT2D eigenvalue weighted by Gasteiger charge is 2.29. The molecular weight excluding hydrogens is 343 g/mol. The summed E-state index contributed by atoms with van der Waals surface area (Å²) in [6.07, 6.45) is 1.43. The molecule has 1 fully saturated rings. The van der Waals surface area contributed by atoms with E-state index < -0.39 is 21.7 Å². The van der Waals surface area contributed by atoms with Crippen LogP contribution in [0.2, 0.25) is 5.02 Å². The van der Waals surface area contributed by atoms with Crippen molar-refractivity contribution in [3.63, 3.8) is 0 Å². The SMILES string of the molecule is CCCCS(=O)(=O)N1CCN(C(=O)c2cc(Cl)ccc2F)CC1. The molecule has 0 saturated carbocycles. The number of nitrogens with zero attached hydrogens (tertiary/aromatic N) is 2. The van der Waals surface area contributed by atoms with Crippen LogP contribution in [0.25, 0.3) is 0 Å². The highest BCUT2D eigenvalue weighted by molar-refractivity contribution is 7.89. The van der Waals surface area contributed by atoms with Crippen molar-refractivity contribution in [2.24, 2.45) is 0 Å². The van der Waals surface area contributed by atoms with E-state index >= 15 is 0 Å². The van der Waals surface area contributed by atoms with Crippen LogP contribution in [-0.4, -0.2) is 55.5 Å². The maximum atomic E-state index is 13.8. The predicted molar refractivity (Wildman–Crippen MR) is 87.6 cm³/mol. The van der Waals surface area contributed by atoms with Crippen LogP contribution in [0, 0.1) is 5.82 Å². The van der Waals surface area contributed by atoms with E-state index in [4.69, 9.17) is 11.6 Å². The molecule has 1 saturated heterocycles. The Hall–Kier alpha value is -1.18. The third kappa shape index (κ3) is 4.43. The second-order valence-corrected chi connectivity index (χ2v) is 8.01. The van der Waals surface area contributed by atoms with Gasteiger partial charge in [-0.25, -0.2) is 12.8 Å². The first-order chi connectivity index (χ1) is 10.8. The molecule has 5 nitrogen and oxygen atoms in total. The summed E-state index contributed by atoms with van der Waals surface area (Å²) in [5.74, 6) is -0.964. The number of carbonyl (C=O) groups excluding carboxylic acids is 1. The van der Waals surface area contributed by atoms with E-state index in [0.717, 1.165) is 12.5 Å². The first kappa shape index (κ1) is 18.2. The molecule has 1 amide bonds. The maximum Gasteiger partial charge on any atom is 0.256 e. The second kappa shape index (κ2) is 7.59. The molecule has 0 N–H and O–H groups in total. The van der Waals surface area contributed by atoms with E-state index in [0.29, 0.717) is 6.42 Å². The van der Waals surface area contributed by atoms with Crippen molar-refractivity contribution in [1.29, 1.82) is 0 Å². The maximum absolute atomic E-state index is 13.8. The molecule has 8 heteroatoms. The van der Waals surface area contributed by atoms with Crippen molar-refractivity contribution in [3.05, 3.63) is 34.6 Å². The van der Waals surface area contributed by atoms with Gasteiger partial charge in [0.05, 0.1) is 11.3 Å². The predicted octanol–water partition coefficient (Wildman–Crippen LogP) is 2.37. The topological polar surface area (TPSA) is 57.7 Å². The van der Waals surface area contributed by atoms with Gasteiger partial charge < -0.3 is 4.90 Å². The molecule has 1 aliphatic heterocycles. The summed E-state index contributed by atoms with van der Waals surface area (Å²) in [5.41, 5.74) is -0.0835. The highest BCUT2D eigenvalue weighted by Crippen LogP contribution is 2.18. The molecule has 2 rings (SSSR count). The van der Waals surface area contributed by atoms with E-state index in [1.165, 1.54) is 21.3 Å². The fourth-order valence-corrected chi connectivity index (χ4v) is 4.26. The van der Waals surface area contributed by atoms with E-state index in [9.17, 15) is 17.6 Å². The summed E-state index contributed by atoms with van der Waals surface area (Å²) in [7, 11) is -3.27. The summed E-state index contributed by atoms with van der Waals surface area (Å²) >= 11 is 5.81. The minimum absolute atomic E-state index is 0.0835. The summed E-state index contributed by atoms with van der Waals surface area (Å²) in [4.78, 5) is 13.8. The van der Waals surface area contributed by atoms with Crippen molar-refractivity contribution in [3.8, 4) is 0 Å². The fourth-order valence-electron chi connectivity index (χ4n) is 2.46. The third-order valence-corrected chi connectivity index (χ3v) is 6.03. The molecule has 0 radical (unpaired) electrons. The highest BCUT2D eigenvalue weighted by atomic mass is 35.5. The van der Waals surface area contributed by atoms with Crippen molar-refractivity contribution < 1.29 is 17.6 Å². The average molecular weight is 363 g/mol.